The first-order chi connectivity index (χ1) is 16.2. The van der Waals surface area contributed by atoms with Gasteiger partial charge in [-0.2, -0.15) is 0 Å². The van der Waals surface area contributed by atoms with Crippen molar-refractivity contribution in [2.75, 3.05) is 0 Å². The van der Waals surface area contributed by atoms with Gasteiger partial charge in [0.1, 0.15) is 5.76 Å². The standard InChI is InChI=1S/C26H34N6O2/c1-7-26(5,6)32-24(28-29-30-32)23(17(2)3)31(16-21-12-9-13-34-21)15-20-14-19-11-8-10-18(4)22(19)27-25(20)33/h8-14,17,23H,7,15-16H2,1-6H3,(H,27,33)/t23-/m0/s1. The Labute approximate surface area is 200 Å². The van der Waals surface area contributed by atoms with Crippen LogP contribution >= 0.6 is 0 Å². The Bertz CT molecular complexity index is 1300. The summed E-state index contributed by atoms with van der Waals surface area (Å²) in [6.07, 6.45) is 2.56. The van der Waals surface area contributed by atoms with Gasteiger partial charge in [-0.15, -0.1) is 5.10 Å². The lowest BCUT2D eigenvalue weighted by atomic mass is 9.97. The van der Waals surface area contributed by atoms with Crippen LogP contribution in [0, 0.1) is 12.8 Å². The molecule has 0 aliphatic heterocycles. The minimum absolute atomic E-state index is 0.0813. The third-order valence-corrected chi connectivity index (χ3v) is 6.70. The third-order valence-electron chi connectivity index (χ3n) is 6.70. The van der Waals surface area contributed by atoms with Crippen molar-refractivity contribution in [3.05, 3.63) is 75.7 Å². The zero-order valence-electron chi connectivity index (χ0n) is 20.9. The van der Waals surface area contributed by atoms with Gasteiger partial charge in [-0.25, -0.2) is 4.68 Å². The molecule has 0 saturated carbocycles. The van der Waals surface area contributed by atoms with Crippen molar-refractivity contribution in [3.63, 3.8) is 0 Å². The average Bonchev–Trinajstić information content (AvgIpc) is 3.48. The molecule has 8 heteroatoms. The summed E-state index contributed by atoms with van der Waals surface area (Å²) in [6, 6.07) is 11.8. The van der Waals surface area contributed by atoms with E-state index in [1.807, 2.05) is 48.0 Å². The minimum atomic E-state index is -0.236. The predicted octanol–water partition coefficient (Wildman–Crippen LogP) is 4.96. The van der Waals surface area contributed by atoms with E-state index in [-0.39, 0.29) is 23.1 Å². The summed E-state index contributed by atoms with van der Waals surface area (Å²) in [5.41, 5.74) is 2.31. The van der Waals surface area contributed by atoms with Crippen molar-refractivity contribution in [1.29, 1.82) is 0 Å². The summed E-state index contributed by atoms with van der Waals surface area (Å²) in [4.78, 5) is 18.5. The molecule has 1 N–H and O–H groups in total. The molecule has 1 aromatic carbocycles. The van der Waals surface area contributed by atoms with E-state index < -0.39 is 0 Å². The van der Waals surface area contributed by atoms with E-state index in [0.717, 1.165) is 34.5 Å². The SMILES string of the molecule is CCC(C)(C)n1nnnc1[C@H](C(C)C)N(Cc1ccco1)Cc1cc2cccc(C)c2[nH]c1=O. The fourth-order valence-electron chi connectivity index (χ4n) is 4.46. The number of fused-ring (bicyclic) bond motifs is 1. The molecule has 180 valence electrons. The van der Waals surface area contributed by atoms with Gasteiger partial charge in [-0.3, -0.25) is 9.69 Å². The van der Waals surface area contributed by atoms with Gasteiger partial charge in [-0.1, -0.05) is 39.0 Å². The Morgan fingerprint density at radius 2 is 1.97 bits per heavy atom. The number of hydrogen-bond acceptors (Lipinski definition) is 6. The number of aromatic nitrogens is 5. The monoisotopic (exact) mass is 462 g/mol. The van der Waals surface area contributed by atoms with Crippen LogP contribution in [0.1, 0.15) is 69.8 Å². The van der Waals surface area contributed by atoms with Crippen LogP contribution in [0.3, 0.4) is 0 Å². The number of nitrogens with zero attached hydrogens (tertiary/aromatic N) is 5. The Morgan fingerprint density at radius 1 is 1.18 bits per heavy atom. The molecule has 1 atom stereocenters. The third kappa shape index (κ3) is 4.68. The highest BCUT2D eigenvalue weighted by Gasteiger charge is 2.34. The summed E-state index contributed by atoms with van der Waals surface area (Å²) in [6.45, 7) is 13.7. The minimum Gasteiger partial charge on any atom is -0.468 e. The molecule has 0 aliphatic rings. The number of para-hydroxylation sites is 1. The second kappa shape index (κ2) is 9.54. The molecule has 4 rings (SSSR count). The number of aromatic amines is 1. The van der Waals surface area contributed by atoms with Gasteiger partial charge in [-0.05, 0) is 72.7 Å². The van der Waals surface area contributed by atoms with Crippen molar-refractivity contribution in [2.24, 2.45) is 5.92 Å². The second-order valence-corrected chi connectivity index (χ2v) is 9.95. The summed E-state index contributed by atoms with van der Waals surface area (Å²) in [5, 5.41) is 13.9. The highest BCUT2D eigenvalue weighted by molar-refractivity contribution is 5.81. The Balaban J connectivity index is 1.80. The molecule has 0 amide bonds. The number of benzene rings is 1. The smallest absolute Gasteiger partial charge is 0.252 e. The lowest BCUT2D eigenvalue weighted by Crippen LogP contribution is -2.38. The van der Waals surface area contributed by atoms with Crippen molar-refractivity contribution < 1.29 is 4.42 Å². The van der Waals surface area contributed by atoms with Crippen molar-refractivity contribution in [3.8, 4) is 0 Å². The number of rotatable bonds is 9. The fraction of sp³-hybridized carbons (Fsp3) is 0.462. The molecule has 4 aromatic rings. The average molecular weight is 463 g/mol. The molecule has 0 fully saturated rings. The molecule has 0 spiro atoms. The van der Waals surface area contributed by atoms with Crippen LogP contribution in [0.4, 0.5) is 0 Å². The van der Waals surface area contributed by atoms with Crippen LogP contribution in [-0.4, -0.2) is 30.1 Å². The van der Waals surface area contributed by atoms with Gasteiger partial charge in [0.05, 0.1) is 29.9 Å². The van der Waals surface area contributed by atoms with E-state index >= 15 is 0 Å². The predicted molar refractivity (Wildman–Crippen MR) is 132 cm³/mol. The topological polar surface area (TPSA) is 92.8 Å². The van der Waals surface area contributed by atoms with E-state index in [4.69, 9.17) is 4.42 Å². The van der Waals surface area contributed by atoms with Crippen LogP contribution in [0.5, 0.6) is 0 Å². The Kier molecular flexibility index (Phi) is 6.70. The molecular formula is C26H34N6O2. The molecule has 0 bridgehead atoms. The first-order valence-corrected chi connectivity index (χ1v) is 11.9. The zero-order valence-corrected chi connectivity index (χ0v) is 20.9. The molecule has 8 nitrogen and oxygen atoms in total. The number of H-pyrrole nitrogens is 1. The second-order valence-electron chi connectivity index (χ2n) is 9.95. The fourth-order valence-corrected chi connectivity index (χ4v) is 4.46. The molecule has 3 heterocycles. The number of aryl methyl sites for hydroxylation is 1. The van der Waals surface area contributed by atoms with Crippen molar-refractivity contribution in [1.82, 2.24) is 30.1 Å². The van der Waals surface area contributed by atoms with Gasteiger partial charge in [0.15, 0.2) is 5.82 Å². The highest BCUT2D eigenvalue weighted by Crippen LogP contribution is 2.33. The summed E-state index contributed by atoms with van der Waals surface area (Å²) >= 11 is 0. The van der Waals surface area contributed by atoms with Gasteiger partial charge < -0.3 is 9.40 Å². The number of tetrazole rings is 1. The van der Waals surface area contributed by atoms with E-state index in [9.17, 15) is 4.79 Å². The maximum atomic E-state index is 13.1. The lowest BCUT2D eigenvalue weighted by molar-refractivity contribution is 0.109. The Hall–Kier alpha value is -3.26. The summed E-state index contributed by atoms with van der Waals surface area (Å²) in [7, 11) is 0. The van der Waals surface area contributed by atoms with Crippen molar-refractivity contribution in [2.45, 2.75) is 72.6 Å². The maximum absolute atomic E-state index is 13.1. The van der Waals surface area contributed by atoms with Crippen molar-refractivity contribution >= 4 is 10.9 Å². The number of nitrogens with one attached hydrogen (secondary N) is 1. The molecule has 0 saturated heterocycles. The van der Waals surface area contributed by atoms with E-state index in [1.54, 1.807) is 6.26 Å². The van der Waals surface area contributed by atoms with Gasteiger partial charge in [0.25, 0.3) is 5.56 Å². The normalized spacial score (nSPS) is 13.3. The molecule has 0 unspecified atom stereocenters. The number of hydrogen-bond donors (Lipinski definition) is 1. The van der Waals surface area contributed by atoms with Gasteiger partial charge in [0.2, 0.25) is 0 Å². The van der Waals surface area contributed by atoms with Crippen LogP contribution < -0.4 is 5.56 Å². The van der Waals surface area contributed by atoms with Crippen LogP contribution in [0.15, 0.2) is 51.9 Å². The molecule has 34 heavy (non-hydrogen) atoms. The highest BCUT2D eigenvalue weighted by atomic mass is 16.3. The number of furan rings is 1. The summed E-state index contributed by atoms with van der Waals surface area (Å²) in [5.74, 6) is 1.81. The quantitative estimate of drug-likeness (QED) is 0.378. The maximum Gasteiger partial charge on any atom is 0.252 e. The van der Waals surface area contributed by atoms with Crippen LogP contribution in [-0.2, 0) is 18.6 Å². The van der Waals surface area contributed by atoms with E-state index in [1.165, 1.54) is 0 Å². The molecule has 0 aliphatic carbocycles. The molecule has 0 radical (unpaired) electrons. The largest absolute Gasteiger partial charge is 0.468 e. The first-order valence-electron chi connectivity index (χ1n) is 11.9. The van der Waals surface area contributed by atoms with Crippen LogP contribution in [0.25, 0.3) is 10.9 Å². The van der Waals surface area contributed by atoms with Crippen LogP contribution in [0.2, 0.25) is 0 Å². The van der Waals surface area contributed by atoms with E-state index in [2.05, 4.69) is 60.0 Å². The Morgan fingerprint density at radius 3 is 2.65 bits per heavy atom. The molecule has 3 aromatic heterocycles. The van der Waals surface area contributed by atoms with Gasteiger partial charge in [0, 0.05) is 12.1 Å². The van der Waals surface area contributed by atoms with Gasteiger partial charge >= 0.3 is 0 Å². The zero-order chi connectivity index (χ0) is 24.5. The lowest BCUT2D eigenvalue weighted by Gasteiger charge is -2.35. The summed E-state index contributed by atoms with van der Waals surface area (Å²) < 4.78 is 7.63. The van der Waals surface area contributed by atoms with E-state index in [0.29, 0.717) is 18.7 Å². The first kappa shape index (κ1) is 23.9. The number of pyridine rings is 1. The molecular weight excluding hydrogens is 428 g/mol.